The van der Waals surface area contributed by atoms with Gasteiger partial charge in [0.05, 0.1) is 16.1 Å². The third-order valence-corrected chi connectivity index (χ3v) is 8.40. The van der Waals surface area contributed by atoms with E-state index in [0.717, 1.165) is 23.3 Å². The van der Waals surface area contributed by atoms with Crippen molar-refractivity contribution in [3.05, 3.63) is 95.6 Å². The van der Waals surface area contributed by atoms with Crippen LogP contribution in [0.2, 0.25) is 0 Å². The number of carbonyl (C=O) groups is 2. The highest BCUT2D eigenvalue weighted by molar-refractivity contribution is 7.92. The van der Waals surface area contributed by atoms with Gasteiger partial charge in [-0.25, -0.2) is 8.42 Å². The highest BCUT2D eigenvalue weighted by atomic mass is 32.2. The molecule has 0 aliphatic carbocycles. The molecule has 0 radical (unpaired) electrons. The fraction of sp³-hybridized carbons (Fsp3) is 0.333. The van der Waals surface area contributed by atoms with Gasteiger partial charge >= 0.3 is 6.18 Å². The predicted octanol–water partition coefficient (Wildman–Crippen LogP) is 5.54. The van der Waals surface area contributed by atoms with Gasteiger partial charge in [0.1, 0.15) is 12.6 Å². The van der Waals surface area contributed by atoms with Gasteiger partial charge in [0.2, 0.25) is 11.8 Å². The topological polar surface area (TPSA) is 86.8 Å². The van der Waals surface area contributed by atoms with Crippen LogP contribution in [-0.4, -0.2) is 44.3 Å². The summed E-state index contributed by atoms with van der Waals surface area (Å²) in [7, 11) is -4.47. The van der Waals surface area contributed by atoms with Crippen molar-refractivity contribution in [1.82, 2.24) is 10.2 Å². The van der Waals surface area contributed by atoms with Crippen LogP contribution in [0.25, 0.3) is 0 Å². The third kappa shape index (κ3) is 7.87. The first kappa shape index (κ1) is 31.7. The van der Waals surface area contributed by atoms with E-state index >= 15 is 0 Å². The minimum Gasteiger partial charge on any atom is -0.354 e. The molecule has 1 N–H and O–H groups in total. The summed E-state index contributed by atoms with van der Waals surface area (Å²) in [5, 5.41) is 2.79. The molecule has 0 heterocycles. The first-order valence-corrected chi connectivity index (χ1v) is 14.7. The number of carbonyl (C=O) groups excluding carboxylic acids is 2. The SMILES string of the molecule is CCCNC(=O)[C@@H](CC)N(Cc1ccccc1C)C(=O)CN(c1cccc(C(F)(F)F)c1)S(=O)(=O)c1ccccc1. The van der Waals surface area contributed by atoms with Crippen LogP contribution in [0.1, 0.15) is 43.4 Å². The first-order chi connectivity index (χ1) is 19.4. The molecular weight excluding hydrogens is 555 g/mol. The van der Waals surface area contributed by atoms with Crippen molar-refractivity contribution in [2.24, 2.45) is 0 Å². The molecule has 220 valence electrons. The van der Waals surface area contributed by atoms with E-state index < -0.39 is 46.2 Å². The summed E-state index contributed by atoms with van der Waals surface area (Å²) in [5.41, 5.74) is 0.231. The van der Waals surface area contributed by atoms with Crippen molar-refractivity contribution in [2.75, 3.05) is 17.4 Å². The summed E-state index contributed by atoms with van der Waals surface area (Å²) >= 11 is 0. The molecule has 41 heavy (non-hydrogen) atoms. The summed E-state index contributed by atoms with van der Waals surface area (Å²) in [6.45, 7) is 5.05. The number of rotatable bonds is 12. The normalized spacial score (nSPS) is 12.4. The number of halogens is 3. The van der Waals surface area contributed by atoms with Crippen LogP contribution in [0, 0.1) is 6.92 Å². The van der Waals surface area contributed by atoms with E-state index in [9.17, 15) is 31.2 Å². The smallest absolute Gasteiger partial charge is 0.354 e. The fourth-order valence-electron chi connectivity index (χ4n) is 4.34. The molecule has 0 unspecified atom stereocenters. The Labute approximate surface area is 239 Å². The summed E-state index contributed by atoms with van der Waals surface area (Å²) in [6, 6.07) is 17.3. The maximum Gasteiger partial charge on any atom is 0.416 e. The van der Waals surface area contributed by atoms with Crippen molar-refractivity contribution in [3.8, 4) is 0 Å². The molecule has 1 atom stereocenters. The number of nitrogens with zero attached hydrogens (tertiary/aromatic N) is 2. The summed E-state index contributed by atoms with van der Waals surface area (Å²) in [4.78, 5) is 28.2. The lowest BCUT2D eigenvalue weighted by atomic mass is 10.1. The van der Waals surface area contributed by atoms with E-state index in [0.29, 0.717) is 23.3 Å². The molecule has 3 rings (SSSR count). The van der Waals surface area contributed by atoms with E-state index in [1.165, 1.54) is 35.2 Å². The maximum atomic E-state index is 14.0. The molecule has 0 aliphatic rings. The minimum absolute atomic E-state index is 0.00533. The highest BCUT2D eigenvalue weighted by Gasteiger charge is 2.36. The molecule has 3 aromatic carbocycles. The predicted molar refractivity (Wildman–Crippen MR) is 152 cm³/mol. The van der Waals surface area contributed by atoms with Crippen molar-refractivity contribution >= 4 is 27.5 Å². The van der Waals surface area contributed by atoms with Crippen LogP contribution in [0.15, 0.2) is 83.8 Å². The van der Waals surface area contributed by atoms with Gasteiger partial charge < -0.3 is 10.2 Å². The minimum atomic E-state index is -4.73. The lowest BCUT2D eigenvalue weighted by Crippen LogP contribution is -2.52. The zero-order chi connectivity index (χ0) is 30.2. The highest BCUT2D eigenvalue weighted by Crippen LogP contribution is 2.33. The van der Waals surface area contributed by atoms with Crippen LogP contribution in [0.4, 0.5) is 18.9 Å². The molecule has 0 aliphatic heterocycles. The molecule has 0 bridgehead atoms. The monoisotopic (exact) mass is 589 g/mol. The standard InChI is InChI=1S/C30H34F3N3O4S/c1-4-18-34-29(38)27(5-2)35(20-23-13-10-9-12-22(23)3)28(37)21-36(41(39,40)26-16-7-6-8-17-26)25-15-11-14-24(19-25)30(31,32)33/h6-17,19,27H,4-5,18,20-21H2,1-3H3,(H,34,38)/t27-/m1/s1. The molecule has 0 fully saturated rings. The Morgan fingerprint density at radius 2 is 1.59 bits per heavy atom. The van der Waals surface area contributed by atoms with Crippen LogP contribution < -0.4 is 9.62 Å². The Bertz CT molecular complexity index is 1450. The molecule has 0 saturated carbocycles. The Morgan fingerprint density at radius 3 is 2.20 bits per heavy atom. The Balaban J connectivity index is 2.11. The first-order valence-electron chi connectivity index (χ1n) is 13.3. The van der Waals surface area contributed by atoms with E-state index in [1.807, 2.05) is 26.0 Å². The lowest BCUT2D eigenvalue weighted by Gasteiger charge is -2.33. The van der Waals surface area contributed by atoms with Crippen molar-refractivity contribution < 1.29 is 31.2 Å². The van der Waals surface area contributed by atoms with Gasteiger partial charge in [-0.15, -0.1) is 0 Å². The molecule has 11 heteroatoms. The second kappa shape index (κ2) is 13.7. The van der Waals surface area contributed by atoms with Crippen molar-refractivity contribution in [1.29, 1.82) is 0 Å². The van der Waals surface area contributed by atoms with Gasteiger partial charge in [0.25, 0.3) is 10.0 Å². The molecule has 7 nitrogen and oxygen atoms in total. The molecule has 0 saturated heterocycles. The Hall–Kier alpha value is -3.86. The number of sulfonamides is 1. The maximum absolute atomic E-state index is 14.0. The number of amides is 2. The van der Waals surface area contributed by atoms with Gasteiger partial charge in [-0.3, -0.25) is 13.9 Å². The third-order valence-electron chi connectivity index (χ3n) is 6.61. The van der Waals surface area contributed by atoms with Crippen molar-refractivity contribution in [2.45, 2.75) is 57.3 Å². The fourth-order valence-corrected chi connectivity index (χ4v) is 5.77. The Kier molecular flexibility index (Phi) is 10.6. The van der Waals surface area contributed by atoms with E-state index in [-0.39, 0.29) is 23.5 Å². The number of nitrogens with one attached hydrogen (secondary N) is 1. The quantitative estimate of drug-likeness (QED) is 0.301. The van der Waals surface area contributed by atoms with Crippen LogP contribution in [0.3, 0.4) is 0 Å². The van der Waals surface area contributed by atoms with Crippen molar-refractivity contribution in [3.63, 3.8) is 0 Å². The number of hydrogen-bond acceptors (Lipinski definition) is 4. The average Bonchev–Trinajstić information content (AvgIpc) is 2.95. The average molecular weight is 590 g/mol. The lowest BCUT2D eigenvalue weighted by molar-refractivity contribution is -0.140. The summed E-state index contributed by atoms with van der Waals surface area (Å²) in [6.07, 6.45) is -3.82. The second-order valence-electron chi connectivity index (χ2n) is 9.54. The number of hydrogen-bond donors (Lipinski definition) is 1. The summed E-state index contributed by atoms with van der Waals surface area (Å²) in [5.74, 6) is -1.13. The van der Waals surface area contributed by atoms with Gasteiger partial charge in [0.15, 0.2) is 0 Å². The van der Waals surface area contributed by atoms with Gasteiger partial charge in [-0.05, 0) is 61.2 Å². The van der Waals surface area contributed by atoms with Crippen LogP contribution >= 0.6 is 0 Å². The molecule has 0 aromatic heterocycles. The van der Waals surface area contributed by atoms with Gasteiger partial charge in [0, 0.05) is 13.1 Å². The van der Waals surface area contributed by atoms with E-state index in [1.54, 1.807) is 25.1 Å². The summed E-state index contributed by atoms with van der Waals surface area (Å²) < 4.78 is 68.9. The van der Waals surface area contributed by atoms with Crippen LogP contribution in [0.5, 0.6) is 0 Å². The zero-order valence-electron chi connectivity index (χ0n) is 23.2. The Morgan fingerprint density at radius 1 is 0.927 bits per heavy atom. The molecular formula is C30H34F3N3O4S. The molecule has 0 spiro atoms. The second-order valence-corrected chi connectivity index (χ2v) is 11.4. The largest absolute Gasteiger partial charge is 0.416 e. The van der Waals surface area contributed by atoms with Gasteiger partial charge in [-0.1, -0.05) is 62.4 Å². The van der Waals surface area contributed by atoms with E-state index in [2.05, 4.69) is 5.32 Å². The number of alkyl halides is 3. The molecule has 2 amide bonds. The van der Waals surface area contributed by atoms with Crippen LogP contribution in [-0.2, 0) is 32.3 Å². The number of aryl methyl sites for hydroxylation is 1. The molecule has 3 aromatic rings. The van der Waals surface area contributed by atoms with E-state index in [4.69, 9.17) is 0 Å². The zero-order valence-corrected chi connectivity index (χ0v) is 24.0. The van der Waals surface area contributed by atoms with Gasteiger partial charge in [-0.2, -0.15) is 13.2 Å². The number of benzene rings is 3. The number of anilines is 1.